The maximum atomic E-state index is 11.8. The number of carboxylic acids is 1. The van der Waals surface area contributed by atoms with Crippen molar-refractivity contribution in [2.75, 3.05) is 13.2 Å². The van der Waals surface area contributed by atoms with Gasteiger partial charge in [-0.15, -0.1) is 11.3 Å². The van der Waals surface area contributed by atoms with Crippen LogP contribution in [0.1, 0.15) is 41.3 Å². The summed E-state index contributed by atoms with van der Waals surface area (Å²) < 4.78 is 5.22. The van der Waals surface area contributed by atoms with Crippen molar-refractivity contribution in [2.45, 2.75) is 31.8 Å². The van der Waals surface area contributed by atoms with Crippen molar-refractivity contribution in [2.24, 2.45) is 0 Å². The van der Waals surface area contributed by atoms with E-state index in [0.29, 0.717) is 18.2 Å². The molecule has 1 aliphatic heterocycles. The third-order valence-electron chi connectivity index (χ3n) is 3.02. The van der Waals surface area contributed by atoms with Crippen LogP contribution in [0.4, 0.5) is 4.79 Å². The van der Waals surface area contributed by atoms with Gasteiger partial charge < -0.3 is 20.5 Å². The molecule has 110 valence electrons. The van der Waals surface area contributed by atoms with Gasteiger partial charge in [-0.25, -0.2) is 14.6 Å². The van der Waals surface area contributed by atoms with E-state index >= 15 is 0 Å². The summed E-state index contributed by atoms with van der Waals surface area (Å²) in [5.41, 5.74) is 0.00323. The molecule has 1 aliphatic rings. The molecule has 2 heterocycles. The first kappa shape index (κ1) is 14.7. The second-order valence-electron chi connectivity index (χ2n) is 4.60. The Hall–Kier alpha value is -1.67. The second kappa shape index (κ2) is 6.67. The van der Waals surface area contributed by atoms with E-state index in [2.05, 4.69) is 15.6 Å². The van der Waals surface area contributed by atoms with Gasteiger partial charge in [-0.05, 0) is 19.8 Å². The van der Waals surface area contributed by atoms with Gasteiger partial charge in [0, 0.05) is 24.6 Å². The zero-order valence-corrected chi connectivity index (χ0v) is 11.9. The minimum Gasteiger partial charge on any atom is -0.476 e. The number of carbonyl (C=O) groups excluding carboxylic acids is 1. The maximum Gasteiger partial charge on any atom is 0.355 e. The molecule has 0 radical (unpaired) electrons. The Morgan fingerprint density at radius 3 is 2.80 bits per heavy atom. The van der Waals surface area contributed by atoms with Gasteiger partial charge in [0.1, 0.15) is 5.01 Å². The van der Waals surface area contributed by atoms with Crippen molar-refractivity contribution in [3.63, 3.8) is 0 Å². The van der Waals surface area contributed by atoms with Gasteiger partial charge in [0.2, 0.25) is 0 Å². The van der Waals surface area contributed by atoms with E-state index < -0.39 is 5.97 Å². The van der Waals surface area contributed by atoms with Gasteiger partial charge in [0.15, 0.2) is 5.69 Å². The number of hydrogen-bond acceptors (Lipinski definition) is 5. The van der Waals surface area contributed by atoms with Crippen LogP contribution in [0.5, 0.6) is 0 Å². The molecule has 1 aromatic rings. The number of thiazole rings is 1. The molecule has 1 aromatic heterocycles. The normalized spacial score (nSPS) is 17.4. The number of nitrogens with one attached hydrogen (secondary N) is 2. The highest BCUT2D eigenvalue weighted by molar-refractivity contribution is 7.09. The monoisotopic (exact) mass is 299 g/mol. The van der Waals surface area contributed by atoms with Crippen molar-refractivity contribution in [1.29, 1.82) is 0 Å². The third kappa shape index (κ3) is 3.91. The van der Waals surface area contributed by atoms with E-state index in [1.165, 1.54) is 16.7 Å². The van der Waals surface area contributed by atoms with Crippen LogP contribution in [0, 0.1) is 0 Å². The molecule has 1 atom stereocenters. The number of ether oxygens (including phenoxy) is 1. The molecule has 7 nitrogen and oxygen atoms in total. The standard InChI is InChI=1S/C12H17N3O4S/c1-7(10-15-9(6-20-10)11(16)17)13-12(18)14-8-2-4-19-5-3-8/h6-8H,2-5H2,1H3,(H,16,17)(H2,13,14,18). The fourth-order valence-electron chi connectivity index (χ4n) is 1.91. The van der Waals surface area contributed by atoms with Crippen LogP contribution in [0.25, 0.3) is 0 Å². The summed E-state index contributed by atoms with van der Waals surface area (Å²) in [6.07, 6.45) is 1.62. The van der Waals surface area contributed by atoms with Gasteiger partial charge >= 0.3 is 12.0 Å². The summed E-state index contributed by atoms with van der Waals surface area (Å²) in [6, 6.07) is -0.466. The van der Waals surface area contributed by atoms with Crippen LogP contribution >= 0.6 is 11.3 Å². The number of hydrogen-bond donors (Lipinski definition) is 3. The molecule has 1 saturated heterocycles. The SMILES string of the molecule is CC(NC(=O)NC1CCOCC1)c1nc(C(=O)O)cs1. The topological polar surface area (TPSA) is 101 Å². The first-order valence-corrected chi connectivity index (χ1v) is 7.27. The lowest BCUT2D eigenvalue weighted by Gasteiger charge is -2.24. The van der Waals surface area contributed by atoms with E-state index in [-0.39, 0.29) is 23.8 Å². The van der Waals surface area contributed by atoms with Gasteiger partial charge in [-0.1, -0.05) is 0 Å². The van der Waals surface area contributed by atoms with Crippen molar-refractivity contribution in [1.82, 2.24) is 15.6 Å². The summed E-state index contributed by atoms with van der Waals surface area (Å²) in [4.78, 5) is 26.6. The number of urea groups is 1. The highest BCUT2D eigenvalue weighted by Gasteiger charge is 2.19. The molecule has 0 bridgehead atoms. The molecule has 0 aliphatic carbocycles. The fourth-order valence-corrected chi connectivity index (χ4v) is 2.71. The lowest BCUT2D eigenvalue weighted by atomic mass is 10.1. The average molecular weight is 299 g/mol. The Balaban J connectivity index is 1.84. The second-order valence-corrected chi connectivity index (χ2v) is 5.49. The van der Waals surface area contributed by atoms with Crippen LogP contribution in [0.15, 0.2) is 5.38 Å². The van der Waals surface area contributed by atoms with Gasteiger partial charge in [0.25, 0.3) is 0 Å². The van der Waals surface area contributed by atoms with Crippen LogP contribution < -0.4 is 10.6 Å². The predicted molar refractivity (Wildman–Crippen MR) is 73.0 cm³/mol. The zero-order valence-electron chi connectivity index (χ0n) is 11.1. The number of carboxylic acid groups (broad SMARTS) is 1. The van der Waals surface area contributed by atoms with E-state index in [4.69, 9.17) is 9.84 Å². The molecule has 8 heteroatoms. The first-order chi connectivity index (χ1) is 9.56. The summed E-state index contributed by atoms with van der Waals surface area (Å²) >= 11 is 1.22. The summed E-state index contributed by atoms with van der Waals surface area (Å²) in [5.74, 6) is -1.06. The quantitative estimate of drug-likeness (QED) is 0.780. The summed E-state index contributed by atoms with van der Waals surface area (Å²) in [6.45, 7) is 3.10. The molecule has 0 saturated carbocycles. The molecule has 0 spiro atoms. The number of aromatic carboxylic acids is 1. The van der Waals surface area contributed by atoms with Crippen LogP contribution in [-0.4, -0.2) is 41.3 Å². The number of aromatic nitrogens is 1. The van der Waals surface area contributed by atoms with Crippen molar-refractivity contribution in [3.8, 4) is 0 Å². The Labute approximate surface area is 120 Å². The minimum absolute atomic E-state index is 0.00323. The first-order valence-electron chi connectivity index (χ1n) is 6.39. The summed E-state index contributed by atoms with van der Waals surface area (Å²) in [7, 11) is 0. The van der Waals surface area contributed by atoms with E-state index in [1.807, 2.05) is 0 Å². The molecule has 3 N–H and O–H groups in total. The fraction of sp³-hybridized carbons (Fsp3) is 0.583. The van der Waals surface area contributed by atoms with Gasteiger partial charge in [-0.2, -0.15) is 0 Å². The minimum atomic E-state index is -1.06. The Morgan fingerprint density at radius 1 is 1.50 bits per heavy atom. The van der Waals surface area contributed by atoms with Crippen LogP contribution in [0.3, 0.4) is 0 Å². The molecule has 0 aromatic carbocycles. The van der Waals surface area contributed by atoms with Gasteiger partial charge in [0.05, 0.1) is 6.04 Å². The van der Waals surface area contributed by atoms with Crippen LogP contribution in [0.2, 0.25) is 0 Å². The molecular weight excluding hydrogens is 282 g/mol. The number of carbonyl (C=O) groups is 2. The maximum absolute atomic E-state index is 11.8. The lowest BCUT2D eigenvalue weighted by Crippen LogP contribution is -2.45. The highest BCUT2D eigenvalue weighted by atomic mass is 32.1. The molecule has 1 unspecified atom stereocenters. The number of amides is 2. The Kier molecular flexibility index (Phi) is 4.91. The molecular formula is C12H17N3O4S. The Bertz CT molecular complexity index is 485. The third-order valence-corrected chi connectivity index (χ3v) is 4.04. The number of nitrogens with zero attached hydrogens (tertiary/aromatic N) is 1. The van der Waals surface area contributed by atoms with Crippen molar-refractivity contribution >= 4 is 23.3 Å². The molecule has 2 amide bonds. The molecule has 1 fully saturated rings. The van der Waals surface area contributed by atoms with E-state index in [1.54, 1.807) is 6.92 Å². The zero-order chi connectivity index (χ0) is 14.5. The Morgan fingerprint density at radius 2 is 2.20 bits per heavy atom. The van der Waals surface area contributed by atoms with Crippen LogP contribution in [-0.2, 0) is 4.74 Å². The smallest absolute Gasteiger partial charge is 0.355 e. The van der Waals surface area contributed by atoms with Crippen molar-refractivity contribution < 1.29 is 19.4 Å². The summed E-state index contributed by atoms with van der Waals surface area (Å²) in [5, 5.41) is 16.5. The van der Waals surface area contributed by atoms with E-state index in [9.17, 15) is 9.59 Å². The largest absolute Gasteiger partial charge is 0.476 e. The predicted octanol–water partition coefficient (Wildman–Crippen LogP) is 1.38. The van der Waals surface area contributed by atoms with E-state index in [0.717, 1.165) is 12.8 Å². The molecule has 20 heavy (non-hydrogen) atoms. The van der Waals surface area contributed by atoms with Gasteiger partial charge in [-0.3, -0.25) is 0 Å². The average Bonchev–Trinajstić information content (AvgIpc) is 2.89. The lowest BCUT2D eigenvalue weighted by molar-refractivity contribution is 0.0691. The molecule has 2 rings (SSSR count). The number of rotatable bonds is 4. The highest BCUT2D eigenvalue weighted by Crippen LogP contribution is 2.18. The van der Waals surface area contributed by atoms with Crippen molar-refractivity contribution in [3.05, 3.63) is 16.1 Å².